The minimum Gasteiger partial charge on any atom is -0.397 e. The van der Waals surface area contributed by atoms with Crippen LogP contribution in [0.3, 0.4) is 0 Å². The normalized spacial score (nSPS) is 18.9. The Morgan fingerprint density at radius 3 is 2.90 bits per heavy atom. The molecule has 7 heteroatoms. The molecule has 2 amide bonds. The number of nitrogens with one attached hydrogen (secondary N) is 1. The lowest BCUT2D eigenvalue weighted by Crippen LogP contribution is -2.43. The van der Waals surface area contributed by atoms with Crippen molar-refractivity contribution in [3.8, 4) is 0 Å². The van der Waals surface area contributed by atoms with E-state index in [-0.39, 0.29) is 23.8 Å². The Balaban J connectivity index is 1.99. The zero-order chi connectivity index (χ0) is 14.7. The number of halogens is 1. The molecule has 0 aromatic heterocycles. The number of hydrogen-bond acceptors (Lipinski definition) is 4. The Bertz CT molecular complexity index is 535. The summed E-state index contributed by atoms with van der Waals surface area (Å²) >= 11 is 0. The molecule has 0 aliphatic carbocycles. The average molecular weight is 280 g/mol. The molecule has 1 aliphatic heterocycles. The van der Waals surface area contributed by atoms with Gasteiger partial charge in [-0.05, 0) is 37.6 Å². The first kappa shape index (κ1) is 14.3. The molecule has 2 rings (SSSR count). The maximum Gasteiger partial charge on any atom is 0.238 e. The van der Waals surface area contributed by atoms with Crippen LogP contribution in [0.15, 0.2) is 18.2 Å². The minimum absolute atomic E-state index is 0.0313. The van der Waals surface area contributed by atoms with Crippen LogP contribution >= 0.6 is 0 Å². The molecule has 0 bridgehead atoms. The Kier molecular flexibility index (Phi) is 4.19. The predicted molar refractivity (Wildman–Crippen MR) is 73.2 cm³/mol. The highest BCUT2D eigenvalue weighted by molar-refractivity contribution is 5.95. The molecule has 6 nitrogen and oxygen atoms in total. The zero-order valence-corrected chi connectivity index (χ0v) is 10.9. The van der Waals surface area contributed by atoms with Crippen LogP contribution < -0.4 is 16.8 Å². The summed E-state index contributed by atoms with van der Waals surface area (Å²) in [6, 6.07) is 3.34. The number of rotatable bonds is 4. The number of carbonyl (C=O) groups excluding carboxylic acids is 2. The number of carbonyl (C=O) groups is 2. The van der Waals surface area contributed by atoms with E-state index >= 15 is 0 Å². The van der Waals surface area contributed by atoms with Gasteiger partial charge < -0.3 is 16.8 Å². The van der Waals surface area contributed by atoms with Crippen molar-refractivity contribution >= 4 is 23.2 Å². The number of benzene rings is 1. The van der Waals surface area contributed by atoms with Crippen molar-refractivity contribution in [3.05, 3.63) is 24.0 Å². The lowest BCUT2D eigenvalue weighted by Gasteiger charge is -2.21. The van der Waals surface area contributed by atoms with Gasteiger partial charge in [-0.15, -0.1) is 0 Å². The van der Waals surface area contributed by atoms with Crippen LogP contribution in [0, 0.1) is 5.82 Å². The fourth-order valence-electron chi connectivity index (χ4n) is 2.35. The summed E-state index contributed by atoms with van der Waals surface area (Å²) in [5.41, 5.74) is 11.4. The Labute approximate surface area is 115 Å². The standard InChI is InChI=1S/C13H17FN4O2/c14-8-3-4-9(15)10(6-8)17-12(19)7-18-5-1-2-11(18)13(16)20/h3-4,6,11H,1-2,5,7,15H2,(H2,16,20)(H,17,19). The van der Waals surface area contributed by atoms with E-state index in [1.165, 1.54) is 12.1 Å². The molecule has 1 fully saturated rings. The largest absolute Gasteiger partial charge is 0.397 e. The minimum atomic E-state index is -0.481. The quantitative estimate of drug-likeness (QED) is 0.690. The van der Waals surface area contributed by atoms with Crippen molar-refractivity contribution < 1.29 is 14.0 Å². The van der Waals surface area contributed by atoms with Crippen molar-refractivity contribution in [1.29, 1.82) is 0 Å². The number of nitrogens with two attached hydrogens (primary N) is 2. The molecule has 0 spiro atoms. The molecule has 108 valence electrons. The van der Waals surface area contributed by atoms with Crippen LogP contribution in [0.1, 0.15) is 12.8 Å². The molecule has 1 saturated heterocycles. The van der Waals surface area contributed by atoms with Gasteiger partial charge in [-0.25, -0.2) is 4.39 Å². The molecule has 1 aromatic rings. The van der Waals surface area contributed by atoms with Crippen LogP contribution in [0.4, 0.5) is 15.8 Å². The predicted octanol–water partition coefficient (Wildman–Crippen LogP) is 0.296. The SMILES string of the molecule is NC(=O)C1CCCN1CC(=O)Nc1cc(F)ccc1N. The van der Waals surface area contributed by atoms with Gasteiger partial charge >= 0.3 is 0 Å². The van der Waals surface area contributed by atoms with Gasteiger partial charge in [0, 0.05) is 0 Å². The third-order valence-electron chi connectivity index (χ3n) is 3.33. The fourth-order valence-corrected chi connectivity index (χ4v) is 2.35. The fraction of sp³-hybridized carbons (Fsp3) is 0.385. The van der Waals surface area contributed by atoms with Gasteiger partial charge in [0.05, 0.1) is 24.0 Å². The Hall–Kier alpha value is -2.15. The van der Waals surface area contributed by atoms with Gasteiger partial charge in [0.25, 0.3) is 0 Å². The van der Waals surface area contributed by atoms with E-state index in [2.05, 4.69) is 5.32 Å². The van der Waals surface area contributed by atoms with Crippen molar-refractivity contribution in [2.45, 2.75) is 18.9 Å². The second kappa shape index (κ2) is 5.87. The molecule has 0 saturated carbocycles. The monoisotopic (exact) mass is 280 g/mol. The highest BCUT2D eigenvalue weighted by Gasteiger charge is 2.30. The second-order valence-electron chi connectivity index (χ2n) is 4.81. The lowest BCUT2D eigenvalue weighted by atomic mass is 10.2. The third kappa shape index (κ3) is 3.24. The van der Waals surface area contributed by atoms with Crippen LogP contribution in [0.5, 0.6) is 0 Å². The summed E-state index contributed by atoms with van der Waals surface area (Å²) in [7, 11) is 0. The number of nitrogen functional groups attached to an aromatic ring is 1. The lowest BCUT2D eigenvalue weighted by molar-refractivity contribution is -0.123. The van der Waals surface area contributed by atoms with E-state index in [0.29, 0.717) is 13.0 Å². The number of amides is 2. The van der Waals surface area contributed by atoms with Crippen molar-refractivity contribution in [1.82, 2.24) is 4.90 Å². The summed E-state index contributed by atoms with van der Waals surface area (Å²) in [6.45, 7) is 0.670. The van der Waals surface area contributed by atoms with E-state index in [1.54, 1.807) is 4.90 Å². The van der Waals surface area contributed by atoms with Gasteiger partial charge in [-0.1, -0.05) is 0 Å². The van der Waals surface area contributed by atoms with E-state index < -0.39 is 17.8 Å². The number of anilines is 2. The van der Waals surface area contributed by atoms with E-state index in [0.717, 1.165) is 12.5 Å². The van der Waals surface area contributed by atoms with Crippen LogP contribution in [0.2, 0.25) is 0 Å². The van der Waals surface area contributed by atoms with Gasteiger partial charge in [-0.3, -0.25) is 14.5 Å². The zero-order valence-electron chi connectivity index (χ0n) is 10.9. The molecule has 1 unspecified atom stereocenters. The summed E-state index contributed by atoms with van der Waals surface area (Å²) in [5.74, 6) is -1.26. The third-order valence-corrected chi connectivity index (χ3v) is 3.33. The topological polar surface area (TPSA) is 101 Å². The second-order valence-corrected chi connectivity index (χ2v) is 4.81. The molecule has 1 atom stereocenters. The molecule has 0 radical (unpaired) electrons. The summed E-state index contributed by atoms with van der Waals surface area (Å²) < 4.78 is 13.1. The Morgan fingerprint density at radius 2 is 2.20 bits per heavy atom. The van der Waals surface area contributed by atoms with E-state index in [9.17, 15) is 14.0 Å². The van der Waals surface area contributed by atoms with E-state index in [4.69, 9.17) is 11.5 Å². The summed E-state index contributed by atoms with van der Waals surface area (Å²) in [6.07, 6.45) is 1.48. The molecule has 1 aliphatic rings. The van der Waals surface area contributed by atoms with Gasteiger partial charge in [-0.2, -0.15) is 0 Å². The van der Waals surface area contributed by atoms with Crippen LogP contribution in [-0.4, -0.2) is 35.8 Å². The maximum atomic E-state index is 13.1. The van der Waals surface area contributed by atoms with Crippen LogP contribution in [-0.2, 0) is 9.59 Å². The Morgan fingerprint density at radius 1 is 1.45 bits per heavy atom. The summed E-state index contributed by atoms with van der Waals surface area (Å²) in [5, 5.41) is 2.54. The molecule has 20 heavy (non-hydrogen) atoms. The van der Waals surface area contributed by atoms with Gasteiger partial charge in [0.1, 0.15) is 5.82 Å². The van der Waals surface area contributed by atoms with Crippen molar-refractivity contribution in [2.24, 2.45) is 5.73 Å². The maximum absolute atomic E-state index is 13.1. The molecule has 1 aromatic carbocycles. The molecular weight excluding hydrogens is 263 g/mol. The van der Waals surface area contributed by atoms with Gasteiger partial charge in [0.2, 0.25) is 11.8 Å². The number of hydrogen-bond donors (Lipinski definition) is 3. The van der Waals surface area contributed by atoms with Crippen LogP contribution in [0.25, 0.3) is 0 Å². The average Bonchev–Trinajstić information content (AvgIpc) is 2.82. The molecular formula is C13H17FN4O2. The summed E-state index contributed by atoms with van der Waals surface area (Å²) in [4.78, 5) is 24.9. The van der Waals surface area contributed by atoms with E-state index in [1.807, 2.05) is 0 Å². The molecule has 1 heterocycles. The first-order valence-electron chi connectivity index (χ1n) is 6.35. The van der Waals surface area contributed by atoms with Gasteiger partial charge in [0.15, 0.2) is 0 Å². The number of nitrogens with zero attached hydrogens (tertiary/aromatic N) is 1. The highest BCUT2D eigenvalue weighted by Crippen LogP contribution is 2.20. The number of primary amides is 1. The van der Waals surface area contributed by atoms with Crippen molar-refractivity contribution in [3.63, 3.8) is 0 Å². The highest BCUT2D eigenvalue weighted by atomic mass is 19.1. The first-order chi connectivity index (χ1) is 9.47. The molecule has 5 N–H and O–H groups in total. The number of likely N-dealkylation sites (tertiary alicyclic amines) is 1. The first-order valence-corrected chi connectivity index (χ1v) is 6.35. The smallest absolute Gasteiger partial charge is 0.238 e. The van der Waals surface area contributed by atoms with Crippen molar-refractivity contribution in [2.75, 3.05) is 24.1 Å².